The van der Waals surface area contributed by atoms with Gasteiger partial charge in [-0.1, -0.05) is 6.08 Å². The van der Waals surface area contributed by atoms with Gasteiger partial charge in [-0.3, -0.25) is 4.79 Å². The van der Waals surface area contributed by atoms with Crippen molar-refractivity contribution in [3.05, 3.63) is 34.9 Å². The van der Waals surface area contributed by atoms with Crippen LogP contribution in [-0.2, 0) is 4.79 Å². The molecule has 80 valence electrons. The SMILES string of the molecule is COc1c(C)cc(/C=C/C(C)=O)cc1C. The molecule has 0 spiro atoms. The molecule has 0 radical (unpaired) electrons. The number of aryl methyl sites for hydroxylation is 2. The quantitative estimate of drug-likeness (QED) is 0.708. The summed E-state index contributed by atoms with van der Waals surface area (Å²) in [7, 11) is 1.67. The van der Waals surface area contributed by atoms with Crippen LogP contribution < -0.4 is 4.74 Å². The molecule has 2 nitrogen and oxygen atoms in total. The average molecular weight is 204 g/mol. The summed E-state index contributed by atoms with van der Waals surface area (Å²) in [5.41, 5.74) is 3.20. The van der Waals surface area contributed by atoms with Crippen molar-refractivity contribution in [1.29, 1.82) is 0 Å². The first-order chi connectivity index (χ1) is 7.04. The van der Waals surface area contributed by atoms with Crippen molar-refractivity contribution in [2.24, 2.45) is 0 Å². The molecule has 0 fully saturated rings. The molecule has 0 aliphatic carbocycles. The molecule has 0 atom stereocenters. The number of ketones is 1. The van der Waals surface area contributed by atoms with Gasteiger partial charge >= 0.3 is 0 Å². The third-order valence-electron chi connectivity index (χ3n) is 2.20. The second kappa shape index (κ2) is 4.78. The van der Waals surface area contributed by atoms with Crippen LogP contribution in [0.5, 0.6) is 5.75 Å². The topological polar surface area (TPSA) is 26.3 Å². The van der Waals surface area contributed by atoms with Gasteiger partial charge in [-0.05, 0) is 55.7 Å². The summed E-state index contributed by atoms with van der Waals surface area (Å²) in [5, 5.41) is 0. The van der Waals surface area contributed by atoms with Crippen molar-refractivity contribution in [1.82, 2.24) is 0 Å². The lowest BCUT2D eigenvalue weighted by Crippen LogP contribution is -1.92. The molecule has 15 heavy (non-hydrogen) atoms. The first kappa shape index (κ1) is 11.5. The largest absolute Gasteiger partial charge is 0.496 e. The molecular formula is C13H16O2. The number of hydrogen-bond donors (Lipinski definition) is 0. The molecule has 0 heterocycles. The Hall–Kier alpha value is -1.57. The van der Waals surface area contributed by atoms with Crippen molar-refractivity contribution >= 4 is 11.9 Å². The van der Waals surface area contributed by atoms with E-state index >= 15 is 0 Å². The summed E-state index contributed by atoms with van der Waals surface area (Å²) in [5.74, 6) is 0.969. The predicted molar refractivity (Wildman–Crippen MR) is 62.2 cm³/mol. The normalized spacial score (nSPS) is 10.7. The molecule has 1 aromatic carbocycles. The summed E-state index contributed by atoms with van der Waals surface area (Å²) in [4.78, 5) is 10.8. The van der Waals surface area contributed by atoms with Gasteiger partial charge in [0.1, 0.15) is 5.75 Å². The van der Waals surface area contributed by atoms with Gasteiger partial charge in [0, 0.05) is 0 Å². The number of carbonyl (C=O) groups is 1. The number of carbonyl (C=O) groups excluding carboxylic acids is 1. The highest BCUT2D eigenvalue weighted by atomic mass is 16.5. The van der Waals surface area contributed by atoms with E-state index < -0.39 is 0 Å². The van der Waals surface area contributed by atoms with Gasteiger partial charge in [0.2, 0.25) is 0 Å². The molecule has 0 saturated carbocycles. The van der Waals surface area contributed by atoms with Gasteiger partial charge in [-0.15, -0.1) is 0 Å². The molecule has 0 N–H and O–H groups in total. The minimum Gasteiger partial charge on any atom is -0.496 e. The standard InChI is InChI=1S/C13H16O2/c1-9-7-12(6-5-11(3)14)8-10(2)13(9)15-4/h5-8H,1-4H3/b6-5+. The second-order valence-electron chi connectivity index (χ2n) is 3.63. The Morgan fingerprint density at radius 3 is 2.20 bits per heavy atom. The lowest BCUT2D eigenvalue weighted by Gasteiger charge is -2.09. The van der Waals surface area contributed by atoms with Crippen LogP contribution in [0.1, 0.15) is 23.6 Å². The highest BCUT2D eigenvalue weighted by Gasteiger charge is 2.03. The molecule has 2 heteroatoms. The van der Waals surface area contributed by atoms with Crippen LogP contribution in [0.4, 0.5) is 0 Å². The van der Waals surface area contributed by atoms with Crippen molar-refractivity contribution in [3.63, 3.8) is 0 Å². The van der Waals surface area contributed by atoms with Crippen LogP contribution in [-0.4, -0.2) is 12.9 Å². The maximum absolute atomic E-state index is 10.8. The highest BCUT2D eigenvalue weighted by molar-refractivity contribution is 5.91. The van der Waals surface area contributed by atoms with Crippen LogP contribution in [0, 0.1) is 13.8 Å². The minimum absolute atomic E-state index is 0.0566. The van der Waals surface area contributed by atoms with E-state index in [2.05, 4.69) is 0 Å². The van der Waals surface area contributed by atoms with E-state index in [0.29, 0.717) is 0 Å². The lowest BCUT2D eigenvalue weighted by molar-refractivity contribution is -0.112. The first-order valence-electron chi connectivity index (χ1n) is 4.88. The molecule has 1 rings (SSSR count). The van der Waals surface area contributed by atoms with Gasteiger partial charge in [0.25, 0.3) is 0 Å². The summed E-state index contributed by atoms with van der Waals surface area (Å²) in [6.45, 7) is 5.54. The van der Waals surface area contributed by atoms with Gasteiger partial charge in [0.05, 0.1) is 7.11 Å². The van der Waals surface area contributed by atoms with E-state index in [9.17, 15) is 4.79 Å². The molecule has 0 saturated heterocycles. The molecule has 0 aliphatic rings. The fraction of sp³-hybridized carbons (Fsp3) is 0.308. The Morgan fingerprint density at radius 2 is 1.80 bits per heavy atom. The van der Waals surface area contributed by atoms with E-state index in [1.165, 1.54) is 0 Å². The number of rotatable bonds is 3. The molecule has 0 unspecified atom stereocenters. The van der Waals surface area contributed by atoms with Gasteiger partial charge < -0.3 is 4.74 Å². The van der Waals surface area contributed by atoms with Crippen LogP contribution in [0.25, 0.3) is 6.08 Å². The van der Waals surface area contributed by atoms with Crippen molar-refractivity contribution in [2.45, 2.75) is 20.8 Å². The third-order valence-corrected chi connectivity index (χ3v) is 2.20. The lowest BCUT2D eigenvalue weighted by atomic mass is 10.1. The summed E-state index contributed by atoms with van der Waals surface area (Å²) in [6, 6.07) is 4.01. The summed E-state index contributed by atoms with van der Waals surface area (Å²) < 4.78 is 5.27. The number of ether oxygens (including phenoxy) is 1. The third kappa shape index (κ3) is 2.94. The molecule has 0 aromatic heterocycles. The molecule has 1 aromatic rings. The Balaban J connectivity index is 3.09. The Morgan fingerprint density at radius 1 is 1.27 bits per heavy atom. The van der Waals surface area contributed by atoms with Crippen LogP contribution in [0.15, 0.2) is 18.2 Å². The first-order valence-corrected chi connectivity index (χ1v) is 4.88. The fourth-order valence-corrected chi connectivity index (χ4v) is 1.62. The number of allylic oxidation sites excluding steroid dienone is 1. The van der Waals surface area contributed by atoms with Gasteiger partial charge in [-0.25, -0.2) is 0 Å². The predicted octanol–water partition coefficient (Wildman–Crippen LogP) is 2.91. The van der Waals surface area contributed by atoms with Gasteiger partial charge in [-0.2, -0.15) is 0 Å². The molecular weight excluding hydrogens is 188 g/mol. The molecule has 0 amide bonds. The van der Waals surface area contributed by atoms with Crippen LogP contribution in [0.3, 0.4) is 0 Å². The van der Waals surface area contributed by atoms with Crippen molar-refractivity contribution in [3.8, 4) is 5.75 Å². The van der Waals surface area contributed by atoms with E-state index in [1.807, 2.05) is 32.1 Å². The smallest absolute Gasteiger partial charge is 0.152 e. The number of methoxy groups -OCH3 is 1. The molecule has 0 bridgehead atoms. The van der Waals surface area contributed by atoms with E-state index in [1.54, 1.807) is 20.1 Å². The van der Waals surface area contributed by atoms with Gasteiger partial charge in [0.15, 0.2) is 5.78 Å². The van der Waals surface area contributed by atoms with E-state index in [4.69, 9.17) is 4.74 Å². The monoisotopic (exact) mass is 204 g/mol. The Bertz CT molecular complexity index is 380. The average Bonchev–Trinajstić information content (AvgIpc) is 2.14. The highest BCUT2D eigenvalue weighted by Crippen LogP contribution is 2.24. The Kier molecular flexibility index (Phi) is 3.67. The Labute approximate surface area is 90.6 Å². The van der Waals surface area contributed by atoms with E-state index in [0.717, 1.165) is 22.4 Å². The number of benzene rings is 1. The van der Waals surface area contributed by atoms with Crippen LogP contribution in [0.2, 0.25) is 0 Å². The van der Waals surface area contributed by atoms with Crippen LogP contribution >= 0.6 is 0 Å². The van der Waals surface area contributed by atoms with Crippen molar-refractivity contribution < 1.29 is 9.53 Å². The maximum Gasteiger partial charge on any atom is 0.152 e. The van der Waals surface area contributed by atoms with E-state index in [-0.39, 0.29) is 5.78 Å². The zero-order chi connectivity index (χ0) is 11.4. The number of hydrogen-bond acceptors (Lipinski definition) is 2. The zero-order valence-electron chi connectivity index (χ0n) is 9.63. The summed E-state index contributed by atoms with van der Waals surface area (Å²) in [6.07, 6.45) is 3.39. The fourth-order valence-electron chi connectivity index (χ4n) is 1.62. The molecule has 0 aliphatic heterocycles. The zero-order valence-corrected chi connectivity index (χ0v) is 9.63. The minimum atomic E-state index is 0.0566. The summed E-state index contributed by atoms with van der Waals surface area (Å²) >= 11 is 0. The second-order valence-corrected chi connectivity index (χ2v) is 3.63. The maximum atomic E-state index is 10.8. The van der Waals surface area contributed by atoms with Crippen molar-refractivity contribution in [2.75, 3.05) is 7.11 Å².